The number of carbonyl (C=O) groups excluding carboxylic acids is 1. The van der Waals surface area contributed by atoms with Crippen molar-refractivity contribution in [3.63, 3.8) is 0 Å². The number of thiazole rings is 1. The van der Waals surface area contributed by atoms with Crippen LogP contribution in [-0.2, 0) is 11.2 Å². The van der Waals surface area contributed by atoms with Gasteiger partial charge in [0.05, 0.1) is 15.2 Å². The number of nitrogens with zero attached hydrogens (tertiary/aromatic N) is 3. The molecular formula is C19H22N4OS2. The second-order valence-electron chi connectivity index (χ2n) is 6.76. The SMILES string of the molecule is O=C(CCCc1nc2ccccc2s1)Nc1nnc(C2CCCCC2)s1. The lowest BCUT2D eigenvalue weighted by atomic mass is 9.90. The molecule has 2 heterocycles. The first-order chi connectivity index (χ1) is 12.8. The molecule has 1 amide bonds. The van der Waals surface area contributed by atoms with E-state index in [4.69, 9.17) is 0 Å². The van der Waals surface area contributed by atoms with Crippen LogP contribution in [0.25, 0.3) is 10.2 Å². The van der Waals surface area contributed by atoms with E-state index in [1.807, 2.05) is 18.2 Å². The Kier molecular flexibility index (Phi) is 5.55. The van der Waals surface area contributed by atoms with Crippen molar-refractivity contribution in [2.45, 2.75) is 57.3 Å². The minimum Gasteiger partial charge on any atom is -0.301 e. The number of amides is 1. The van der Waals surface area contributed by atoms with E-state index in [0.717, 1.165) is 28.4 Å². The smallest absolute Gasteiger partial charge is 0.226 e. The number of para-hydroxylation sites is 1. The zero-order valence-electron chi connectivity index (χ0n) is 14.6. The lowest BCUT2D eigenvalue weighted by molar-refractivity contribution is -0.116. The van der Waals surface area contributed by atoms with E-state index in [1.54, 1.807) is 11.3 Å². The predicted molar refractivity (Wildman–Crippen MR) is 107 cm³/mol. The molecule has 4 rings (SSSR count). The number of carbonyl (C=O) groups is 1. The molecule has 0 saturated heterocycles. The standard InChI is InChI=1S/C19H22N4OS2/c24-16(11-6-12-17-20-14-9-4-5-10-15(14)25-17)21-19-23-22-18(26-19)13-7-2-1-3-8-13/h4-5,9-10,13H,1-3,6-8,11-12H2,(H,21,23,24). The fraction of sp³-hybridized carbons (Fsp3) is 0.474. The normalized spacial score (nSPS) is 15.4. The summed E-state index contributed by atoms with van der Waals surface area (Å²) in [5.41, 5.74) is 1.04. The van der Waals surface area contributed by atoms with Gasteiger partial charge >= 0.3 is 0 Å². The van der Waals surface area contributed by atoms with Crippen molar-refractivity contribution in [2.24, 2.45) is 0 Å². The molecule has 2 aromatic heterocycles. The predicted octanol–water partition coefficient (Wildman–Crippen LogP) is 5.16. The summed E-state index contributed by atoms with van der Waals surface area (Å²) < 4.78 is 1.20. The van der Waals surface area contributed by atoms with Gasteiger partial charge in [-0.05, 0) is 37.8 Å². The van der Waals surface area contributed by atoms with Crippen LogP contribution in [0.2, 0.25) is 0 Å². The molecule has 26 heavy (non-hydrogen) atoms. The zero-order chi connectivity index (χ0) is 17.8. The monoisotopic (exact) mass is 386 g/mol. The average molecular weight is 387 g/mol. The van der Waals surface area contributed by atoms with E-state index in [2.05, 4.69) is 26.6 Å². The van der Waals surface area contributed by atoms with E-state index in [0.29, 0.717) is 17.5 Å². The molecule has 136 valence electrons. The van der Waals surface area contributed by atoms with Crippen molar-refractivity contribution in [3.05, 3.63) is 34.3 Å². The first kappa shape index (κ1) is 17.5. The second kappa shape index (κ2) is 8.22. The number of rotatable bonds is 6. The highest BCUT2D eigenvalue weighted by atomic mass is 32.1. The number of aromatic nitrogens is 3. The van der Waals surface area contributed by atoms with Crippen molar-refractivity contribution in [3.8, 4) is 0 Å². The summed E-state index contributed by atoms with van der Waals surface area (Å²) in [7, 11) is 0. The number of aryl methyl sites for hydroxylation is 1. The molecular weight excluding hydrogens is 364 g/mol. The maximum atomic E-state index is 12.2. The summed E-state index contributed by atoms with van der Waals surface area (Å²) in [6, 6.07) is 8.15. The molecule has 0 radical (unpaired) electrons. The number of hydrogen-bond acceptors (Lipinski definition) is 6. The van der Waals surface area contributed by atoms with Crippen LogP contribution in [0.1, 0.15) is 60.9 Å². The van der Waals surface area contributed by atoms with Crippen molar-refractivity contribution in [1.82, 2.24) is 15.2 Å². The Morgan fingerprint density at radius 3 is 2.81 bits per heavy atom. The first-order valence-electron chi connectivity index (χ1n) is 9.25. The Hall–Kier alpha value is -1.86. The fourth-order valence-corrected chi connectivity index (χ4v) is 5.35. The summed E-state index contributed by atoms with van der Waals surface area (Å²) in [4.78, 5) is 16.8. The zero-order valence-corrected chi connectivity index (χ0v) is 16.2. The van der Waals surface area contributed by atoms with Gasteiger partial charge in [0.2, 0.25) is 11.0 Å². The molecule has 7 heteroatoms. The third-order valence-electron chi connectivity index (χ3n) is 4.77. The van der Waals surface area contributed by atoms with Crippen molar-refractivity contribution in [2.75, 3.05) is 5.32 Å². The maximum Gasteiger partial charge on any atom is 0.226 e. The molecule has 1 aliphatic rings. The Bertz CT molecular complexity index is 849. The molecule has 0 spiro atoms. The van der Waals surface area contributed by atoms with Gasteiger partial charge in [0.25, 0.3) is 0 Å². The molecule has 1 fully saturated rings. The van der Waals surface area contributed by atoms with Gasteiger partial charge in [0.15, 0.2) is 0 Å². The number of hydrogen-bond donors (Lipinski definition) is 1. The summed E-state index contributed by atoms with van der Waals surface area (Å²) in [5.74, 6) is 0.545. The van der Waals surface area contributed by atoms with Crippen LogP contribution in [0.15, 0.2) is 24.3 Å². The Balaban J connectivity index is 1.25. The van der Waals surface area contributed by atoms with E-state index in [-0.39, 0.29) is 5.91 Å². The van der Waals surface area contributed by atoms with Gasteiger partial charge in [-0.15, -0.1) is 21.5 Å². The Morgan fingerprint density at radius 2 is 1.96 bits per heavy atom. The highest BCUT2D eigenvalue weighted by molar-refractivity contribution is 7.18. The second-order valence-corrected chi connectivity index (χ2v) is 8.88. The van der Waals surface area contributed by atoms with E-state index in [1.165, 1.54) is 48.1 Å². The molecule has 0 bridgehead atoms. The lowest BCUT2D eigenvalue weighted by Crippen LogP contribution is -2.11. The van der Waals surface area contributed by atoms with Gasteiger partial charge < -0.3 is 5.32 Å². The van der Waals surface area contributed by atoms with Crippen molar-refractivity contribution < 1.29 is 4.79 Å². The van der Waals surface area contributed by atoms with Crippen LogP contribution in [0.5, 0.6) is 0 Å². The molecule has 0 aliphatic heterocycles. The lowest BCUT2D eigenvalue weighted by Gasteiger charge is -2.18. The van der Waals surface area contributed by atoms with Gasteiger partial charge in [0, 0.05) is 12.3 Å². The number of fused-ring (bicyclic) bond motifs is 1. The van der Waals surface area contributed by atoms with Crippen LogP contribution in [0.3, 0.4) is 0 Å². The summed E-state index contributed by atoms with van der Waals surface area (Å²) in [6.07, 6.45) is 8.38. The third-order valence-corrected chi connectivity index (χ3v) is 6.87. The van der Waals surface area contributed by atoms with E-state index >= 15 is 0 Å². The van der Waals surface area contributed by atoms with E-state index < -0.39 is 0 Å². The van der Waals surface area contributed by atoms with E-state index in [9.17, 15) is 4.79 Å². The number of nitrogens with one attached hydrogen (secondary N) is 1. The van der Waals surface area contributed by atoms with Gasteiger partial charge in [-0.3, -0.25) is 4.79 Å². The maximum absolute atomic E-state index is 12.2. The van der Waals surface area contributed by atoms with Gasteiger partial charge in [-0.25, -0.2) is 4.98 Å². The molecule has 1 N–H and O–H groups in total. The van der Waals surface area contributed by atoms with Crippen LogP contribution < -0.4 is 5.32 Å². The fourth-order valence-electron chi connectivity index (χ4n) is 3.41. The topological polar surface area (TPSA) is 67.8 Å². The molecule has 1 aliphatic carbocycles. The van der Waals surface area contributed by atoms with Crippen molar-refractivity contribution in [1.29, 1.82) is 0 Å². The average Bonchev–Trinajstić information content (AvgIpc) is 3.29. The van der Waals surface area contributed by atoms with Gasteiger partial charge in [-0.1, -0.05) is 42.7 Å². The van der Waals surface area contributed by atoms with Crippen LogP contribution in [-0.4, -0.2) is 21.1 Å². The molecule has 1 saturated carbocycles. The molecule has 0 unspecified atom stereocenters. The highest BCUT2D eigenvalue weighted by Crippen LogP contribution is 2.35. The largest absolute Gasteiger partial charge is 0.301 e. The Labute approximate surface area is 160 Å². The number of anilines is 1. The summed E-state index contributed by atoms with van der Waals surface area (Å²) in [5, 5.41) is 14.2. The van der Waals surface area contributed by atoms with Gasteiger partial charge in [0.1, 0.15) is 5.01 Å². The van der Waals surface area contributed by atoms with Crippen LogP contribution in [0.4, 0.5) is 5.13 Å². The highest BCUT2D eigenvalue weighted by Gasteiger charge is 2.20. The Morgan fingerprint density at radius 1 is 1.12 bits per heavy atom. The molecule has 5 nitrogen and oxygen atoms in total. The van der Waals surface area contributed by atoms with Crippen molar-refractivity contribution >= 4 is 43.9 Å². The number of benzene rings is 1. The molecule has 1 aromatic carbocycles. The minimum absolute atomic E-state index is 0.0115. The third kappa shape index (κ3) is 4.27. The van der Waals surface area contributed by atoms with Gasteiger partial charge in [-0.2, -0.15) is 0 Å². The van der Waals surface area contributed by atoms with Crippen LogP contribution in [0, 0.1) is 0 Å². The molecule has 0 atom stereocenters. The first-order valence-corrected chi connectivity index (χ1v) is 10.9. The minimum atomic E-state index is 0.0115. The quantitative estimate of drug-likeness (QED) is 0.635. The summed E-state index contributed by atoms with van der Waals surface area (Å²) in [6.45, 7) is 0. The summed E-state index contributed by atoms with van der Waals surface area (Å²) >= 11 is 3.25. The molecule has 3 aromatic rings. The van der Waals surface area contributed by atoms with Crippen LogP contribution >= 0.6 is 22.7 Å².